The largest absolute Gasteiger partial charge is 0.493 e. The molecule has 0 fully saturated rings. The second-order valence-corrected chi connectivity index (χ2v) is 6.70. The van der Waals surface area contributed by atoms with Crippen LogP contribution in [0.1, 0.15) is 34.1 Å². The highest BCUT2D eigenvalue weighted by Gasteiger charge is 2.22. The number of nitrogens with one attached hydrogen (secondary N) is 2. The molecule has 0 spiro atoms. The first-order valence-corrected chi connectivity index (χ1v) is 9.80. The molecule has 0 aromatic heterocycles. The van der Waals surface area contributed by atoms with E-state index in [0.29, 0.717) is 34.9 Å². The molecule has 2 aromatic rings. The van der Waals surface area contributed by atoms with Gasteiger partial charge in [-0.1, -0.05) is 31.7 Å². The van der Waals surface area contributed by atoms with E-state index in [0.717, 1.165) is 0 Å². The van der Waals surface area contributed by atoms with Gasteiger partial charge >= 0.3 is 0 Å². The zero-order valence-corrected chi connectivity index (χ0v) is 17.8. The maximum atomic E-state index is 12.6. The van der Waals surface area contributed by atoms with Crippen molar-refractivity contribution >= 4 is 17.8 Å². The summed E-state index contributed by atoms with van der Waals surface area (Å²) in [6.07, 6.45) is 2.12. The third kappa shape index (κ3) is 5.45. The highest BCUT2D eigenvalue weighted by atomic mass is 16.7. The number of amides is 2. The second-order valence-electron chi connectivity index (χ2n) is 6.70. The van der Waals surface area contributed by atoms with E-state index >= 15 is 0 Å². The molecule has 2 amide bonds. The van der Waals surface area contributed by atoms with Gasteiger partial charge in [-0.05, 0) is 36.8 Å². The number of fused-ring (bicyclic) bond motifs is 1. The van der Waals surface area contributed by atoms with Gasteiger partial charge in [0.2, 0.25) is 18.5 Å². The quantitative estimate of drug-likeness (QED) is 0.348. The maximum absolute atomic E-state index is 12.6. The van der Waals surface area contributed by atoms with Crippen molar-refractivity contribution < 1.29 is 23.8 Å². The fourth-order valence-electron chi connectivity index (χ4n) is 2.90. The van der Waals surface area contributed by atoms with E-state index in [1.165, 1.54) is 19.2 Å². The van der Waals surface area contributed by atoms with Crippen LogP contribution in [0.15, 0.2) is 71.5 Å². The van der Waals surface area contributed by atoms with Crippen LogP contribution < -0.4 is 30.6 Å². The standard InChI is InChI=1S/C23H24N4O5/c1-4-17(26-21(28)15-8-6-5-7-9-15)10-14(2)25-23(24)27-22(29)16-11-18(30-3)20-19(12-16)31-13-32-20/h5-12H,2,4,13H2,1,3H3,(H,26,28)(H3,24,25,27,29)/b17-10+. The van der Waals surface area contributed by atoms with Crippen molar-refractivity contribution in [3.05, 3.63) is 77.6 Å². The number of nitrogens with zero attached hydrogens (tertiary/aromatic N) is 1. The first-order chi connectivity index (χ1) is 15.4. The number of aliphatic imine (C=N–C) groups is 1. The summed E-state index contributed by atoms with van der Waals surface area (Å²) in [5, 5.41) is 5.30. The number of carbonyl (C=O) groups excluding carboxylic acids is 2. The van der Waals surface area contributed by atoms with E-state index in [1.54, 1.807) is 30.3 Å². The number of methoxy groups -OCH3 is 1. The molecule has 1 aliphatic rings. The van der Waals surface area contributed by atoms with E-state index in [9.17, 15) is 9.59 Å². The normalized spacial score (nSPS) is 12.8. The number of hydrogen-bond donors (Lipinski definition) is 3. The van der Waals surface area contributed by atoms with Gasteiger partial charge in [-0.15, -0.1) is 0 Å². The minimum absolute atomic E-state index is 0.0487. The van der Waals surface area contributed by atoms with Crippen LogP contribution >= 0.6 is 0 Å². The van der Waals surface area contributed by atoms with Crippen LogP contribution in [0.4, 0.5) is 0 Å². The number of nitrogens with two attached hydrogens (primary N) is 1. The lowest BCUT2D eigenvalue weighted by Crippen LogP contribution is -2.36. The van der Waals surface area contributed by atoms with Crippen LogP contribution in [0.2, 0.25) is 0 Å². The van der Waals surface area contributed by atoms with Gasteiger partial charge in [0.05, 0.1) is 12.8 Å². The zero-order valence-electron chi connectivity index (χ0n) is 17.8. The number of ether oxygens (including phenoxy) is 3. The Morgan fingerprint density at radius 1 is 1.16 bits per heavy atom. The minimum atomic E-state index is -0.507. The molecule has 0 saturated heterocycles. The van der Waals surface area contributed by atoms with Crippen molar-refractivity contribution in [1.29, 1.82) is 0 Å². The van der Waals surface area contributed by atoms with E-state index in [2.05, 4.69) is 22.2 Å². The lowest BCUT2D eigenvalue weighted by Gasteiger charge is -2.10. The first kappa shape index (κ1) is 22.4. The Morgan fingerprint density at radius 3 is 2.56 bits per heavy atom. The molecule has 9 heteroatoms. The van der Waals surface area contributed by atoms with Crippen LogP contribution in [0, 0.1) is 0 Å². The minimum Gasteiger partial charge on any atom is -0.493 e. The molecule has 3 rings (SSSR count). The Bertz CT molecular complexity index is 1090. The molecular formula is C23H24N4O5. The predicted molar refractivity (Wildman–Crippen MR) is 120 cm³/mol. The lowest BCUT2D eigenvalue weighted by molar-refractivity contribution is 0.0960. The van der Waals surface area contributed by atoms with Gasteiger partial charge < -0.3 is 25.3 Å². The van der Waals surface area contributed by atoms with E-state index < -0.39 is 5.91 Å². The van der Waals surface area contributed by atoms with Gasteiger partial charge in [-0.2, -0.15) is 0 Å². The Labute approximate surface area is 185 Å². The summed E-state index contributed by atoms with van der Waals surface area (Å²) in [7, 11) is 1.47. The molecule has 0 unspecified atom stereocenters. The van der Waals surface area contributed by atoms with Gasteiger partial charge in [0.1, 0.15) is 0 Å². The van der Waals surface area contributed by atoms with Crippen molar-refractivity contribution in [3.63, 3.8) is 0 Å². The van der Waals surface area contributed by atoms with Gasteiger partial charge in [0, 0.05) is 16.8 Å². The molecule has 0 saturated carbocycles. The van der Waals surface area contributed by atoms with Crippen LogP contribution in [0.3, 0.4) is 0 Å². The van der Waals surface area contributed by atoms with Crippen LogP contribution in [0.5, 0.6) is 17.2 Å². The summed E-state index contributed by atoms with van der Waals surface area (Å²) < 4.78 is 15.9. The fourth-order valence-corrected chi connectivity index (χ4v) is 2.90. The van der Waals surface area contributed by atoms with Crippen molar-refractivity contribution in [2.45, 2.75) is 13.3 Å². The summed E-state index contributed by atoms with van der Waals surface area (Å²) in [6.45, 7) is 5.74. The second kappa shape index (κ2) is 10.2. The van der Waals surface area contributed by atoms with Gasteiger partial charge in [-0.3, -0.25) is 14.9 Å². The Kier molecular flexibility index (Phi) is 7.12. The molecule has 166 valence electrons. The average Bonchev–Trinajstić information content (AvgIpc) is 3.27. The molecule has 0 atom stereocenters. The number of hydrogen-bond acceptors (Lipinski definition) is 6. The molecule has 0 aliphatic carbocycles. The SMILES string of the molecule is C=C(/C=C(\CC)NC(=O)c1ccccc1)N=C(N)NC(=O)c1cc(OC)c2c(c1)OCO2. The highest BCUT2D eigenvalue weighted by Crippen LogP contribution is 2.41. The van der Waals surface area contributed by atoms with Gasteiger partial charge in [-0.25, -0.2) is 4.99 Å². The Morgan fingerprint density at radius 2 is 1.88 bits per heavy atom. The maximum Gasteiger partial charge on any atom is 0.258 e. The number of benzene rings is 2. The summed E-state index contributed by atoms with van der Waals surface area (Å²) in [5.41, 5.74) is 7.52. The van der Waals surface area contributed by atoms with E-state index in [4.69, 9.17) is 19.9 Å². The molecule has 2 aromatic carbocycles. The summed E-state index contributed by atoms with van der Waals surface area (Å²) in [6, 6.07) is 11.9. The van der Waals surface area contributed by atoms with Gasteiger partial charge in [0.25, 0.3) is 11.8 Å². The topological polar surface area (TPSA) is 124 Å². The van der Waals surface area contributed by atoms with Crippen LogP contribution in [-0.2, 0) is 0 Å². The Hall–Kier alpha value is -4.27. The van der Waals surface area contributed by atoms with Crippen molar-refractivity contribution in [1.82, 2.24) is 10.6 Å². The molecule has 0 radical (unpaired) electrons. The van der Waals surface area contributed by atoms with E-state index in [1.807, 2.05) is 13.0 Å². The van der Waals surface area contributed by atoms with Crippen molar-refractivity contribution in [3.8, 4) is 17.2 Å². The molecule has 1 aliphatic heterocycles. The van der Waals surface area contributed by atoms with Gasteiger partial charge in [0.15, 0.2) is 11.5 Å². The fraction of sp³-hybridized carbons (Fsp3) is 0.174. The monoisotopic (exact) mass is 436 g/mol. The zero-order chi connectivity index (χ0) is 23.1. The van der Waals surface area contributed by atoms with E-state index in [-0.39, 0.29) is 29.9 Å². The summed E-state index contributed by atoms with van der Waals surface area (Å²) in [5.74, 6) is 0.307. The third-order valence-electron chi connectivity index (χ3n) is 4.46. The lowest BCUT2D eigenvalue weighted by atomic mass is 10.1. The van der Waals surface area contributed by atoms with Crippen LogP contribution in [-0.4, -0.2) is 31.7 Å². The van der Waals surface area contributed by atoms with Crippen molar-refractivity contribution in [2.75, 3.05) is 13.9 Å². The highest BCUT2D eigenvalue weighted by molar-refractivity contribution is 6.06. The third-order valence-corrected chi connectivity index (χ3v) is 4.46. The summed E-state index contributed by atoms with van der Waals surface area (Å²) in [4.78, 5) is 29.0. The number of carbonyl (C=O) groups is 2. The number of rotatable bonds is 7. The molecule has 1 heterocycles. The predicted octanol–water partition coefficient (Wildman–Crippen LogP) is 2.71. The molecular weight excluding hydrogens is 412 g/mol. The Balaban J connectivity index is 1.66. The van der Waals surface area contributed by atoms with Crippen LogP contribution in [0.25, 0.3) is 0 Å². The number of allylic oxidation sites excluding steroid dienone is 2. The van der Waals surface area contributed by atoms with Crippen molar-refractivity contribution in [2.24, 2.45) is 10.7 Å². The molecule has 0 bridgehead atoms. The molecule has 32 heavy (non-hydrogen) atoms. The first-order valence-electron chi connectivity index (χ1n) is 9.80. The summed E-state index contributed by atoms with van der Waals surface area (Å²) >= 11 is 0. The number of guanidine groups is 1. The molecule has 9 nitrogen and oxygen atoms in total. The smallest absolute Gasteiger partial charge is 0.258 e. The molecule has 4 N–H and O–H groups in total. The average molecular weight is 436 g/mol.